The molecule has 6 heteroatoms. The summed E-state index contributed by atoms with van der Waals surface area (Å²) in [6, 6.07) is 9.51. The number of ether oxygens (including phenoxy) is 2. The zero-order chi connectivity index (χ0) is 15.4. The fraction of sp³-hybridized carbons (Fsp3) is 0.250. The van der Waals surface area contributed by atoms with Crippen LogP contribution in [0.2, 0.25) is 0 Å². The molecule has 1 aromatic heterocycles. The van der Waals surface area contributed by atoms with Gasteiger partial charge >= 0.3 is 0 Å². The van der Waals surface area contributed by atoms with Crippen LogP contribution >= 0.6 is 0 Å². The zero-order valence-corrected chi connectivity index (χ0v) is 11.8. The van der Waals surface area contributed by atoms with Gasteiger partial charge in [-0.15, -0.1) is 0 Å². The Morgan fingerprint density at radius 3 is 2.86 bits per heavy atom. The lowest BCUT2D eigenvalue weighted by Crippen LogP contribution is -2.48. The quantitative estimate of drug-likeness (QED) is 0.917. The van der Waals surface area contributed by atoms with Crippen molar-refractivity contribution in [2.24, 2.45) is 0 Å². The van der Waals surface area contributed by atoms with E-state index in [2.05, 4.69) is 10.3 Å². The standard InChI is InChI=1S/C16H15FN2O3/c17-13-3-1-2-11(6-13)8-22-15-5-4-12(7-18-15)16(20)19-14-9-21-10-14/h1-7,14H,8-10H2,(H,19,20). The molecule has 5 nitrogen and oxygen atoms in total. The molecule has 1 aliphatic heterocycles. The molecule has 1 fully saturated rings. The topological polar surface area (TPSA) is 60.5 Å². The van der Waals surface area contributed by atoms with Crippen molar-refractivity contribution in [2.45, 2.75) is 12.6 Å². The Morgan fingerprint density at radius 2 is 2.23 bits per heavy atom. The Bertz CT molecular complexity index is 657. The summed E-state index contributed by atoms with van der Waals surface area (Å²) in [4.78, 5) is 16.0. The van der Waals surface area contributed by atoms with E-state index in [0.717, 1.165) is 0 Å². The highest BCUT2D eigenvalue weighted by Crippen LogP contribution is 2.12. The molecule has 0 atom stereocenters. The van der Waals surface area contributed by atoms with Crippen LogP contribution in [0.1, 0.15) is 15.9 Å². The molecule has 114 valence electrons. The molecule has 0 saturated carbocycles. The Morgan fingerprint density at radius 1 is 1.36 bits per heavy atom. The smallest absolute Gasteiger partial charge is 0.253 e. The number of benzene rings is 1. The van der Waals surface area contributed by atoms with Gasteiger partial charge in [0.25, 0.3) is 5.91 Å². The highest BCUT2D eigenvalue weighted by atomic mass is 19.1. The van der Waals surface area contributed by atoms with Crippen LogP contribution in [0.3, 0.4) is 0 Å². The van der Waals surface area contributed by atoms with Gasteiger partial charge in [-0.3, -0.25) is 4.79 Å². The first kappa shape index (κ1) is 14.5. The summed E-state index contributed by atoms with van der Waals surface area (Å²) >= 11 is 0. The molecule has 0 spiro atoms. The fourth-order valence-electron chi connectivity index (χ4n) is 1.97. The molecule has 1 aliphatic rings. The van der Waals surface area contributed by atoms with Crippen molar-refractivity contribution in [1.82, 2.24) is 10.3 Å². The Labute approximate surface area is 127 Å². The van der Waals surface area contributed by atoms with Crippen molar-refractivity contribution >= 4 is 5.91 Å². The lowest BCUT2D eigenvalue weighted by atomic mass is 10.2. The molecule has 0 radical (unpaired) electrons. The summed E-state index contributed by atoms with van der Waals surface area (Å²) < 4.78 is 23.5. The first-order valence-corrected chi connectivity index (χ1v) is 6.92. The molecule has 1 amide bonds. The van der Waals surface area contributed by atoms with Crippen LogP contribution in [0, 0.1) is 5.82 Å². The minimum absolute atomic E-state index is 0.0800. The molecule has 1 aromatic carbocycles. The average Bonchev–Trinajstić information content (AvgIpc) is 2.49. The van der Waals surface area contributed by atoms with Crippen LogP contribution < -0.4 is 10.1 Å². The summed E-state index contributed by atoms with van der Waals surface area (Å²) in [7, 11) is 0. The van der Waals surface area contributed by atoms with Gasteiger partial charge in [0.05, 0.1) is 24.8 Å². The van der Waals surface area contributed by atoms with E-state index in [1.54, 1.807) is 24.3 Å². The van der Waals surface area contributed by atoms with Crippen LogP contribution in [-0.4, -0.2) is 30.1 Å². The van der Waals surface area contributed by atoms with E-state index in [1.807, 2.05) is 0 Å². The van der Waals surface area contributed by atoms with Crippen molar-refractivity contribution in [1.29, 1.82) is 0 Å². The molecule has 0 aliphatic carbocycles. The molecule has 1 saturated heterocycles. The number of aromatic nitrogens is 1. The van der Waals surface area contributed by atoms with E-state index >= 15 is 0 Å². The van der Waals surface area contributed by atoms with Crippen molar-refractivity contribution in [3.05, 3.63) is 59.5 Å². The molecular formula is C16H15FN2O3. The maximum atomic E-state index is 13.0. The molecule has 3 rings (SSSR count). The second-order valence-corrected chi connectivity index (χ2v) is 5.01. The highest BCUT2D eigenvalue weighted by Gasteiger charge is 2.21. The number of nitrogens with zero attached hydrogens (tertiary/aromatic N) is 1. The third-order valence-electron chi connectivity index (χ3n) is 3.25. The highest BCUT2D eigenvalue weighted by molar-refractivity contribution is 5.94. The number of hydrogen-bond acceptors (Lipinski definition) is 4. The number of nitrogens with one attached hydrogen (secondary N) is 1. The number of amides is 1. The normalized spacial score (nSPS) is 14.2. The molecule has 22 heavy (non-hydrogen) atoms. The summed E-state index contributed by atoms with van der Waals surface area (Å²) in [6.45, 7) is 1.32. The molecule has 0 bridgehead atoms. The number of carbonyl (C=O) groups excluding carboxylic acids is 1. The summed E-state index contributed by atoms with van der Waals surface area (Å²) in [5.74, 6) is -0.105. The van der Waals surface area contributed by atoms with Gasteiger partial charge in [0.2, 0.25) is 5.88 Å². The maximum Gasteiger partial charge on any atom is 0.253 e. The monoisotopic (exact) mass is 302 g/mol. The third kappa shape index (κ3) is 3.59. The summed E-state index contributed by atoms with van der Waals surface area (Å²) in [5, 5.41) is 2.83. The first-order valence-electron chi connectivity index (χ1n) is 6.92. The van der Waals surface area contributed by atoms with Crippen LogP contribution in [0.15, 0.2) is 42.6 Å². The van der Waals surface area contributed by atoms with Gasteiger partial charge in [-0.2, -0.15) is 0 Å². The molecule has 2 aromatic rings. The van der Waals surface area contributed by atoms with Crippen molar-refractivity contribution < 1.29 is 18.7 Å². The number of rotatable bonds is 5. The van der Waals surface area contributed by atoms with Crippen molar-refractivity contribution in [3.63, 3.8) is 0 Å². The van der Waals surface area contributed by atoms with E-state index in [4.69, 9.17) is 9.47 Å². The Kier molecular flexibility index (Phi) is 4.29. The number of pyridine rings is 1. The lowest BCUT2D eigenvalue weighted by molar-refractivity contribution is -0.00347. The van der Waals surface area contributed by atoms with E-state index < -0.39 is 0 Å². The van der Waals surface area contributed by atoms with Gasteiger partial charge in [0.15, 0.2) is 0 Å². The van der Waals surface area contributed by atoms with Gasteiger partial charge in [0.1, 0.15) is 12.4 Å². The van der Waals surface area contributed by atoms with E-state index in [1.165, 1.54) is 18.3 Å². The minimum atomic E-state index is -0.305. The fourth-order valence-corrected chi connectivity index (χ4v) is 1.97. The van der Waals surface area contributed by atoms with Crippen LogP contribution in [0.25, 0.3) is 0 Å². The van der Waals surface area contributed by atoms with Crippen molar-refractivity contribution in [3.8, 4) is 5.88 Å². The summed E-state index contributed by atoms with van der Waals surface area (Å²) in [5.41, 5.74) is 1.18. The Balaban J connectivity index is 1.55. The predicted molar refractivity (Wildman–Crippen MR) is 77.0 cm³/mol. The van der Waals surface area contributed by atoms with Gasteiger partial charge in [-0.05, 0) is 23.8 Å². The number of carbonyl (C=O) groups is 1. The largest absolute Gasteiger partial charge is 0.473 e. The molecular weight excluding hydrogens is 287 g/mol. The first-order chi connectivity index (χ1) is 10.7. The van der Waals surface area contributed by atoms with Crippen molar-refractivity contribution in [2.75, 3.05) is 13.2 Å². The van der Waals surface area contributed by atoms with Crippen LogP contribution in [0.4, 0.5) is 4.39 Å². The van der Waals surface area contributed by atoms with E-state index in [9.17, 15) is 9.18 Å². The lowest BCUT2D eigenvalue weighted by Gasteiger charge is -2.26. The van der Waals surface area contributed by atoms with Gasteiger partial charge in [-0.1, -0.05) is 12.1 Å². The third-order valence-corrected chi connectivity index (χ3v) is 3.25. The SMILES string of the molecule is O=C(NC1COC1)c1ccc(OCc2cccc(F)c2)nc1. The Hall–Kier alpha value is -2.47. The van der Waals surface area contributed by atoms with E-state index in [-0.39, 0.29) is 24.4 Å². The van der Waals surface area contributed by atoms with Crippen LogP contribution in [-0.2, 0) is 11.3 Å². The average molecular weight is 302 g/mol. The second-order valence-electron chi connectivity index (χ2n) is 5.01. The minimum Gasteiger partial charge on any atom is -0.473 e. The zero-order valence-electron chi connectivity index (χ0n) is 11.8. The van der Waals surface area contributed by atoms with E-state index in [0.29, 0.717) is 30.2 Å². The predicted octanol–water partition coefficient (Wildman–Crippen LogP) is 1.93. The van der Waals surface area contributed by atoms with Crippen LogP contribution in [0.5, 0.6) is 5.88 Å². The number of halogens is 1. The summed E-state index contributed by atoms with van der Waals surface area (Å²) in [6.07, 6.45) is 1.45. The molecule has 2 heterocycles. The number of hydrogen-bond donors (Lipinski definition) is 1. The molecule has 1 N–H and O–H groups in total. The second kappa shape index (κ2) is 6.53. The maximum absolute atomic E-state index is 13.0. The van der Waals surface area contributed by atoms with Gasteiger partial charge in [0, 0.05) is 12.3 Å². The van der Waals surface area contributed by atoms with Gasteiger partial charge < -0.3 is 14.8 Å². The molecule has 0 unspecified atom stereocenters. The van der Waals surface area contributed by atoms with Gasteiger partial charge in [-0.25, -0.2) is 9.37 Å².